The Morgan fingerprint density at radius 1 is 0.974 bits per heavy atom. The molecule has 2 aliphatic heterocycles. The molecular formula is C28H39N3O8. The molecule has 0 bridgehead atoms. The van der Waals surface area contributed by atoms with Crippen molar-refractivity contribution in [3.63, 3.8) is 0 Å². The van der Waals surface area contributed by atoms with Gasteiger partial charge in [-0.15, -0.1) is 0 Å². The predicted molar refractivity (Wildman–Crippen MR) is 142 cm³/mol. The fourth-order valence-corrected chi connectivity index (χ4v) is 4.62. The molecule has 0 aromatic heterocycles. The monoisotopic (exact) mass is 545 g/mol. The number of benzene rings is 1. The lowest BCUT2D eigenvalue weighted by molar-refractivity contribution is -0.163. The standard InChI is InChI=1S/C28H39N3O8/c1-6-7-8-23(26(35)37-19(2)32)38-22-11-9-20(10-12-22)30-17-18-31(25(34)24(30)33)21-13-15-29(16-14-21)27(36)39-28(3,4)5/h9-12,21,23H,6-8,13-18H2,1-5H3. The summed E-state index contributed by atoms with van der Waals surface area (Å²) in [5.74, 6) is -2.24. The normalized spacial score (nSPS) is 17.6. The van der Waals surface area contributed by atoms with E-state index in [0.717, 1.165) is 19.8 Å². The topological polar surface area (TPSA) is 123 Å². The Morgan fingerprint density at radius 3 is 2.18 bits per heavy atom. The predicted octanol–water partition coefficient (Wildman–Crippen LogP) is 3.29. The van der Waals surface area contributed by atoms with E-state index in [-0.39, 0.29) is 12.1 Å². The van der Waals surface area contributed by atoms with Gasteiger partial charge in [-0.2, -0.15) is 0 Å². The molecule has 11 nitrogen and oxygen atoms in total. The van der Waals surface area contributed by atoms with E-state index in [2.05, 4.69) is 0 Å². The Hall–Kier alpha value is -3.63. The SMILES string of the molecule is CCCCC(Oc1ccc(N2CCN(C3CCN(C(=O)OC(C)(C)C)CC3)C(=O)C2=O)cc1)C(=O)OC(C)=O. The maximum atomic E-state index is 13.0. The van der Waals surface area contributed by atoms with E-state index in [0.29, 0.717) is 56.9 Å². The number of nitrogens with zero attached hydrogens (tertiary/aromatic N) is 3. The Bertz CT molecular complexity index is 1060. The van der Waals surface area contributed by atoms with E-state index in [1.165, 1.54) is 4.90 Å². The first kappa shape index (κ1) is 29.9. The van der Waals surface area contributed by atoms with Crippen molar-refractivity contribution in [2.75, 3.05) is 31.1 Å². The van der Waals surface area contributed by atoms with Crippen molar-refractivity contribution in [2.24, 2.45) is 0 Å². The summed E-state index contributed by atoms with van der Waals surface area (Å²) in [6.07, 6.45) is 1.83. The van der Waals surface area contributed by atoms with Gasteiger partial charge in [-0.1, -0.05) is 13.3 Å². The fraction of sp³-hybridized carbons (Fsp3) is 0.607. The summed E-state index contributed by atoms with van der Waals surface area (Å²) in [6, 6.07) is 6.43. The van der Waals surface area contributed by atoms with Crippen LogP contribution in [0.1, 0.15) is 66.7 Å². The minimum Gasteiger partial charge on any atom is -0.479 e. The van der Waals surface area contributed by atoms with Crippen LogP contribution >= 0.6 is 0 Å². The molecule has 0 aliphatic carbocycles. The Kier molecular flexibility index (Phi) is 9.93. The minimum absolute atomic E-state index is 0.118. The number of piperidine rings is 1. The highest BCUT2D eigenvalue weighted by molar-refractivity contribution is 6.41. The Morgan fingerprint density at radius 2 is 1.62 bits per heavy atom. The van der Waals surface area contributed by atoms with E-state index in [1.807, 2.05) is 27.7 Å². The second-order valence-corrected chi connectivity index (χ2v) is 10.8. The third kappa shape index (κ3) is 8.18. The van der Waals surface area contributed by atoms with Crippen molar-refractivity contribution in [2.45, 2.75) is 84.5 Å². The van der Waals surface area contributed by atoms with E-state index < -0.39 is 35.5 Å². The number of anilines is 1. The van der Waals surface area contributed by atoms with Gasteiger partial charge in [-0.05, 0) is 70.7 Å². The van der Waals surface area contributed by atoms with Crippen LogP contribution in [0.25, 0.3) is 0 Å². The van der Waals surface area contributed by atoms with E-state index >= 15 is 0 Å². The number of unbranched alkanes of at least 4 members (excludes halogenated alkanes) is 1. The lowest BCUT2D eigenvalue weighted by Gasteiger charge is -2.42. The highest BCUT2D eigenvalue weighted by Crippen LogP contribution is 2.26. The zero-order valence-electron chi connectivity index (χ0n) is 23.4. The summed E-state index contributed by atoms with van der Waals surface area (Å²) >= 11 is 0. The summed E-state index contributed by atoms with van der Waals surface area (Å²) in [5.41, 5.74) is -0.0359. The molecule has 214 valence electrons. The van der Waals surface area contributed by atoms with Crippen LogP contribution in [0.5, 0.6) is 5.75 Å². The van der Waals surface area contributed by atoms with Crippen LogP contribution in [0.15, 0.2) is 24.3 Å². The second-order valence-electron chi connectivity index (χ2n) is 10.8. The average Bonchev–Trinajstić information content (AvgIpc) is 2.87. The van der Waals surface area contributed by atoms with E-state index in [1.54, 1.807) is 34.1 Å². The van der Waals surface area contributed by atoms with Gasteiger partial charge < -0.3 is 28.9 Å². The summed E-state index contributed by atoms with van der Waals surface area (Å²) in [7, 11) is 0. The zero-order chi connectivity index (χ0) is 28.7. The van der Waals surface area contributed by atoms with Gasteiger partial charge in [-0.3, -0.25) is 14.4 Å². The molecule has 3 rings (SSSR count). The number of rotatable bonds is 8. The third-order valence-electron chi connectivity index (χ3n) is 6.56. The van der Waals surface area contributed by atoms with Crippen molar-refractivity contribution in [3.05, 3.63) is 24.3 Å². The van der Waals surface area contributed by atoms with Gasteiger partial charge in [-0.25, -0.2) is 9.59 Å². The van der Waals surface area contributed by atoms with Gasteiger partial charge >= 0.3 is 29.8 Å². The Labute approximate surface area is 229 Å². The lowest BCUT2D eigenvalue weighted by Crippen LogP contribution is -2.59. The molecule has 11 heteroatoms. The van der Waals surface area contributed by atoms with Crippen LogP contribution in [-0.4, -0.2) is 83.6 Å². The molecule has 2 saturated heterocycles. The summed E-state index contributed by atoms with van der Waals surface area (Å²) in [5, 5.41) is 0. The molecule has 1 atom stereocenters. The minimum atomic E-state index is -0.923. The number of hydrogen-bond donors (Lipinski definition) is 0. The molecule has 2 heterocycles. The largest absolute Gasteiger partial charge is 0.479 e. The number of piperazine rings is 1. The van der Waals surface area contributed by atoms with Crippen LogP contribution < -0.4 is 9.64 Å². The molecule has 39 heavy (non-hydrogen) atoms. The van der Waals surface area contributed by atoms with E-state index in [9.17, 15) is 24.0 Å². The van der Waals surface area contributed by atoms with Crippen molar-refractivity contribution in [3.8, 4) is 5.75 Å². The van der Waals surface area contributed by atoms with Crippen molar-refractivity contribution in [1.82, 2.24) is 9.80 Å². The maximum Gasteiger partial charge on any atom is 0.410 e. The fourth-order valence-electron chi connectivity index (χ4n) is 4.62. The molecule has 0 spiro atoms. The molecular weight excluding hydrogens is 506 g/mol. The second kappa shape index (κ2) is 12.9. The molecule has 1 unspecified atom stereocenters. The number of likely N-dealkylation sites (tertiary alicyclic amines) is 1. The van der Waals surface area contributed by atoms with E-state index in [4.69, 9.17) is 14.2 Å². The molecule has 0 N–H and O–H groups in total. The first-order valence-corrected chi connectivity index (χ1v) is 13.5. The van der Waals surface area contributed by atoms with Gasteiger partial charge in [0.25, 0.3) is 0 Å². The third-order valence-corrected chi connectivity index (χ3v) is 6.56. The van der Waals surface area contributed by atoms with Crippen LogP contribution in [0.3, 0.4) is 0 Å². The molecule has 0 saturated carbocycles. The molecule has 2 aliphatic rings. The number of hydrogen-bond acceptors (Lipinski definition) is 8. The zero-order valence-corrected chi connectivity index (χ0v) is 23.4. The summed E-state index contributed by atoms with van der Waals surface area (Å²) < 4.78 is 15.9. The van der Waals surface area contributed by atoms with Crippen LogP contribution in [0.4, 0.5) is 10.5 Å². The van der Waals surface area contributed by atoms with Gasteiger partial charge in [0.1, 0.15) is 11.4 Å². The molecule has 2 fully saturated rings. The van der Waals surface area contributed by atoms with Crippen molar-refractivity contribution in [1.29, 1.82) is 0 Å². The first-order chi connectivity index (χ1) is 18.4. The van der Waals surface area contributed by atoms with Crippen LogP contribution in [0, 0.1) is 0 Å². The van der Waals surface area contributed by atoms with Crippen LogP contribution in [-0.2, 0) is 28.7 Å². The van der Waals surface area contributed by atoms with Gasteiger partial charge in [0, 0.05) is 44.8 Å². The summed E-state index contributed by atoms with van der Waals surface area (Å²) in [4.78, 5) is 66.5. The Balaban J connectivity index is 1.57. The quantitative estimate of drug-likeness (QED) is 0.277. The molecule has 0 radical (unpaired) electrons. The summed E-state index contributed by atoms with van der Waals surface area (Å²) in [6.45, 7) is 10.2. The number of amides is 3. The van der Waals surface area contributed by atoms with Gasteiger partial charge in [0.2, 0.25) is 0 Å². The number of carbonyl (C=O) groups excluding carboxylic acids is 5. The van der Waals surface area contributed by atoms with Crippen LogP contribution in [0.2, 0.25) is 0 Å². The highest BCUT2D eigenvalue weighted by atomic mass is 16.6. The van der Waals surface area contributed by atoms with Gasteiger partial charge in [0.05, 0.1) is 0 Å². The molecule has 1 aromatic rings. The van der Waals surface area contributed by atoms with Crippen molar-refractivity contribution >= 4 is 35.5 Å². The number of carbonyl (C=O) groups is 5. The number of esters is 2. The molecule has 1 aromatic carbocycles. The lowest BCUT2D eigenvalue weighted by atomic mass is 10.0. The maximum absolute atomic E-state index is 13.0. The van der Waals surface area contributed by atoms with Gasteiger partial charge in [0.15, 0.2) is 6.10 Å². The highest BCUT2D eigenvalue weighted by Gasteiger charge is 2.39. The average molecular weight is 546 g/mol. The molecule has 3 amide bonds. The van der Waals surface area contributed by atoms with Crippen molar-refractivity contribution < 1.29 is 38.2 Å². The number of ether oxygens (including phenoxy) is 3. The smallest absolute Gasteiger partial charge is 0.410 e. The first-order valence-electron chi connectivity index (χ1n) is 13.5.